The van der Waals surface area contributed by atoms with E-state index in [-0.39, 0.29) is 0 Å². The monoisotopic (exact) mass is 147 g/mol. The van der Waals surface area contributed by atoms with Crippen LogP contribution in [0, 0.1) is 0 Å². The van der Waals surface area contributed by atoms with Crippen molar-refractivity contribution in [2.45, 2.75) is 13.2 Å². The van der Waals surface area contributed by atoms with Gasteiger partial charge in [-0.3, -0.25) is 0 Å². The predicted molar refractivity (Wildman–Crippen MR) is 37.9 cm³/mol. The molecular formula is C6H13NO3. The molecule has 0 spiro atoms. The van der Waals surface area contributed by atoms with Crippen molar-refractivity contribution in [1.29, 1.82) is 0 Å². The van der Waals surface area contributed by atoms with Crippen LogP contribution in [0.2, 0.25) is 0 Å². The second-order valence-electron chi connectivity index (χ2n) is 1.72. The highest BCUT2D eigenvalue weighted by Gasteiger charge is 2.08. The van der Waals surface area contributed by atoms with Gasteiger partial charge in [0.2, 0.25) is 0 Å². The standard InChI is InChI=1S/C6H13NO3/c1-5(7-10-4)6(8-2)9-3/h6H,1-4H3/b7-5+. The van der Waals surface area contributed by atoms with Gasteiger partial charge in [0.05, 0.1) is 0 Å². The van der Waals surface area contributed by atoms with Crippen LogP contribution in [0.4, 0.5) is 0 Å². The predicted octanol–water partition coefficient (Wildman–Crippen LogP) is 0.628. The summed E-state index contributed by atoms with van der Waals surface area (Å²) in [7, 11) is 4.57. The van der Waals surface area contributed by atoms with Gasteiger partial charge in [0, 0.05) is 14.2 Å². The lowest BCUT2D eigenvalue weighted by Gasteiger charge is -2.10. The second kappa shape index (κ2) is 5.20. The SMILES string of the molecule is CO/N=C(\C)C(OC)OC. The Morgan fingerprint density at radius 3 is 2.00 bits per heavy atom. The van der Waals surface area contributed by atoms with E-state index in [1.807, 2.05) is 0 Å². The highest BCUT2D eigenvalue weighted by atomic mass is 16.7. The maximum atomic E-state index is 4.88. The zero-order chi connectivity index (χ0) is 7.98. The van der Waals surface area contributed by atoms with Crippen molar-refractivity contribution in [2.24, 2.45) is 5.16 Å². The van der Waals surface area contributed by atoms with E-state index in [0.717, 1.165) is 0 Å². The Hall–Kier alpha value is -0.610. The molecule has 0 fully saturated rings. The Morgan fingerprint density at radius 1 is 1.20 bits per heavy atom. The minimum atomic E-state index is -0.403. The topological polar surface area (TPSA) is 40.0 Å². The first kappa shape index (κ1) is 9.39. The quantitative estimate of drug-likeness (QED) is 0.332. The fourth-order valence-electron chi connectivity index (χ4n) is 0.624. The molecule has 0 amide bonds. The molecule has 0 aliphatic rings. The third kappa shape index (κ3) is 2.80. The van der Waals surface area contributed by atoms with Gasteiger partial charge in [-0.2, -0.15) is 0 Å². The molecule has 0 rings (SSSR count). The van der Waals surface area contributed by atoms with Gasteiger partial charge < -0.3 is 14.3 Å². The summed E-state index contributed by atoms with van der Waals surface area (Å²) in [4.78, 5) is 4.52. The first-order valence-electron chi connectivity index (χ1n) is 2.89. The van der Waals surface area contributed by atoms with Crippen LogP contribution in [0.25, 0.3) is 0 Å². The molecule has 10 heavy (non-hydrogen) atoms. The molecule has 0 N–H and O–H groups in total. The van der Waals surface area contributed by atoms with Gasteiger partial charge in [-0.25, -0.2) is 0 Å². The Bertz CT molecular complexity index is 110. The third-order valence-corrected chi connectivity index (χ3v) is 1.00. The van der Waals surface area contributed by atoms with Crippen molar-refractivity contribution in [3.05, 3.63) is 0 Å². The van der Waals surface area contributed by atoms with Gasteiger partial charge in [-0.05, 0) is 6.92 Å². The molecule has 60 valence electrons. The highest BCUT2D eigenvalue weighted by molar-refractivity contribution is 5.84. The largest absolute Gasteiger partial charge is 0.399 e. The van der Waals surface area contributed by atoms with Crippen LogP contribution in [0.1, 0.15) is 6.92 Å². The number of rotatable bonds is 4. The van der Waals surface area contributed by atoms with Gasteiger partial charge in [-0.15, -0.1) is 0 Å². The number of oxime groups is 1. The van der Waals surface area contributed by atoms with E-state index in [9.17, 15) is 0 Å². The molecule has 0 aliphatic carbocycles. The molecule has 0 unspecified atom stereocenters. The van der Waals surface area contributed by atoms with E-state index in [2.05, 4.69) is 9.99 Å². The van der Waals surface area contributed by atoms with Crippen LogP contribution >= 0.6 is 0 Å². The van der Waals surface area contributed by atoms with E-state index < -0.39 is 6.29 Å². The van der Waals surface area contributed by atoms with E-state index in [4.69, 9.17) is 9.47 Å². The third-order valence-electron chi connectivity index (χ3n) is 1.00. The fraction of sp³-hybridized carbons (Fsp3) is 0.833. The smallest absolute Gasteiger partial charge is 0.199 e. The number of methoxy groups -OCH3 is 2. The molecule has 0 aromatic heterocycles. The summed E-state index contributed by atoms with van der Waals surface area (Å²) in [5, 5.41) is 3.63. The summed E-state index contributed by atoms with van der Waals surface area (Å²) >= 11 is 0. The van der Waals surface area contributed by atoms with Gasteiger partial charge in [-0.1, -0.05) is 5.16 Å². The first-order chi connectivity index (χ1) is 4.76. The van der Waals surface area contributed by atoms with Crippen molar-refractivity contribution < 1.29 is 14.3 Å². The van der Waals surface area contributed by atoms with Crippen LogP contribution in [0.15, 0.2) is 5.16 Å². The Kier molecular flexibility index (Phi) is 4.88. The van der Waals surface area contributed by atoms with Crippen LogP contribution in [-0.4, -0.2) is 33.3 Å². The highest BCUT2D eigenvalue weighted by Crippen LogP contribution is 1.94. The average Bonchev–Trinajstić information content (AvgIpc) is 1.91. The minimum absolute atomic E-state index is 0.403. The molecule has 4 heteroatoms. The van der Waals surface area contributed by atoms with Crippen LogP contribution in [0.3, 0.4) is 0 Å². The number of hydrogen-bond donors (Lipinski definition) is 0. The summed E-state index contributed by atoms with van der Waals surface area (Å²) in [6.07, 6.45) is -0.403. The molecule has 0 bridgehead atoms. The molecule has 0 heterocycles. The van der Waals surface area contributed by atoms with Crippen molar-refractivity contribution in [3.63, 3.8) is 0 Å². The molecule has 0 saturated heterocycles. The van der Waals surface area contributed by atoms with Crippen LogP contribution in [0.5, 0.6) is 0 Å². The molecule has 0 aliphatic heterocycles. The minimum Gasteiger partial charge on any atom is -0.399 e. The van der Waals surface area contributed by atoms with Crippen molar-refractivity contribution in [2.75, 3.05) is 21.3 Å². The Balaban J connectivity index is 3.87. The molecule has 0 aromatic carbocycles. The van der Waals surface area contributed by atoms with E-state index >= 15 is 0 Å². The lowest BCUT2D eigenvalue weighted by Crippen LogP contribution is -2.22. The van der Waals surface area contributed by atoms with Crippen LogP contribution < -0.4 is 0 Å². The number of ether oxygens (including phenoxy) is 2. The maximum absolute atomic E-state index is 4.88. The maximum Gasteiger partial charge on any atom is 0.199 e. The van der Waals surface area contributed by atoms with E-state index in [1.165, 1.54) is 7.11 Å². The van der Waals surface area contributed by atoms with Gasteiger partial charge in [0.25, 0.3) is 0 Å². The molecular weight excluding hydrogens is 134 g/mol. The molecule has 0 atom stereocenters. The van der Waals surface area contributed by atoms with Crippen molar-refractivity contribution in [1.82, 2.24) is 0 Å². The van der Waals surface area contributed by atoms with Crippen LogP contribution in [-0.2, 0) is 14.3 Å². The fourth-order valence-corrected chi connectivity index (χ4v) is 0.624. The molecule has 0 aromatic rings. The summed E-state index contributed by atoms with van der Waals surface area (Å²) in [6.45, 7) is 1.77. The zero-order valence-electron chi connectivity index (χ0n) is 6.75. The second-order valence-corrected chi connectivity index (χ2v) is 1.72. The number of nitrogens with zero attached hydrogens (tertiary/aromatic N) is 1. The van der Waals surface area contributed by atoms with Gasteiger partial charge in [0.15, 0.2) is 6.29 Å². The molecule has 0 saturated carbocycles. The summed E-state index contributed by atoms with van der Waals surface area (Å²) in [6, 6.07) is 0. The Labute approximate surface area is 60.8 Å². The summed E-state index contributed by atoms with van der Waals surface area (Å²) in [5.74, 6) is 0. The normalized spacial score (nSPS) is 12.3. The summed E-state index contributed by atoms with van der Waals surface area (Å²) < 4.78 is 9.76. The van der Waals surface area contributed by atoms with Crippen molar-refractivity contribution >= 4 is 5.71 Å². The lowest BCUT2D eigenvalue weighted by molar-refractivity contribution is -0.0543. The average molecular weight is 147 g/mol. The molecule has 4 nitrogen and oxygen atoms in total. The first-order valence-corrected chi connectivity index (χ1v) is 2.89. The van der Waals surface area contributed by atoms with Gasteiger partial charge >= 0.3 is 0 Å². The molecule has 0 radical (unpaired) electrons. The number of hydrogen-bond acceptors (Lipinski definition) is 4. The van der Waals surface area contributed by atoms with Crippen molar-refractivity contribution in [3.8, 4) is 0 Å². The van der Waals surface area contributed by atoms with E-state index in [0.29, 0.717) is 5.71 Å². The van der Waals surface area contributed by atoms with Gasteiger partial charge in [0.1, 0.15) is 12.8 Å². The van der Waals surface area contributed by atoms with E-state index in [1.54, 1.807) is 21.1 Å². The Morgan fingerprint density at radius 2 is 1.70 bits per heavy atom. The summed E-state index contributed by atoms with van der Waals surface area (Å²) in [5.41, 5.74) is 0.660. The lowest BCUT2D eigenvalue weighted by atomic mass is 10.4. The zero-order valence-corrected chi connectivity index (χ0v) is 6.75.